The first-order valence-corrected chi connectivity index (χ1v) is 14.2. The van der Waals surface area contributed by atoms with Gasteiger partial charge in [-0.2, -0.15) is 36.2 Å². The predicted octanol–water partition coefficient (Wildman–Crippen LogP) is 3.75. The van der Waals surface area contributed by atoms with Crippen LogP contribution in [0.15, 0.2) is 29.2 Å². The average molecular weight is 589 g/mol. The number of nitriles is 1. The van der Waals surface area contributed by atoms with Gasteiger partial charge in [0.1, 0.15) is 10.8 Å². The van der Waals surface area contributed by atoms with E-state index in [1.807, 2.05) is 6.92 Å². The second-order valence-electron chi connectivity index (χ2n) is 9.52. The molecule has 2 aliphatic heterocycles. The number of rotatable bonds is 8. The van der Waals surface area contributed by atoms with Crippen molar-refractivity contribution in [3.05, 3.63) is 51.2 Å². The molecular formula is C24H28ClF3N6O4S. The second-order valence-corrected chi connectivity index (χ2v) is 11.7. The van der Waals surface area contributed by atoms with Gasteiger partial charge in [0.2, 0.25) is 0 Å². The Bertz CT molecular complexity index is 1390. The standard InChI is InChI=1S/C24H28ClF3N6O4S/c1-15(17-3-2-10-38-14-17)31-20-13-30-33(23(35)22(20)25)18-6-8-32(9-7-18)39(36,37)34(24(27)28)21-5-4-16(12-29)11-19(21)26/h4-5,11,13,15,17-18,24,31H,2-3,6-10,14H2,1H3/t15-,17-/m1/s1. The summed E-state index contributed by atoms with van der Waals surface area (Å²) in [6, 6.07) is 3.71. The van der Waals surface area contributed by atoms with Crippen LogP contribution >= 0.6 is 11.6 Å². The van der Waals surface area contributed by atoms with Crippen molar-refractivity contribution in [2.24, 2.45) is 5.92 Å². The zero-order chi connectivity index (χ0) is 28.3. The van der Waals surface area contributed by atoms with Crippen LogP contribution in [-0.2, 0) is 14.9 Å². The smallest absolute Gasteiger partial charge is 0.329 e. The molecule has 0 aliphatic carbocycles. The minimum Gasteiger partial charge on any atom is -0.381 e. The Kier molecular flexibility index (Phi) is 9.05. The molecule has 0 radical (unpaired) electrons. The van der Waals surface area contributed by atoms with Gasteiger partial charge in [-0.1, -0.05) is 11.6 Å². The number of nitrogens with one attached hydrogen (secondary N) is 1. The number of anilines is 2. The van der Waals surface area contributed by atoms with E-state index in [2.05, 4.69) is 10.4 Å². The molecule has 1 aromatic carbocycles. The first-order valence-electron chi connectivity index (χ1n) is 12.4. The van der Waals surface area contributed by atoms with Crippen LogP contribution in [0, 0.1) is 23.1 Å². The quantitative estimate of drug-likeness (QED) is 0.466. The molecule has 2 fully saturated rings. The van der Waals surface area contributed by atoms with Gasteiger partial charge < -0.3 is 10.1 Å². The van der Waals surface area contributed by atoms with Crippen LogP contribution in [0.1, 0.15) is 44.2 Å². The largest absolute Gasteiger partial charge is 0.381 e. The summed E-state index contributed by atoms with van der Waals surface area (Å²) in [7, 11) is -4.83. The lowest BCUT2D eigenvalue weighted by Crippen LogP contribution is -2.50. The summed E-state index contributed by atoms with van der Waals surface area (Å²) in [5.41, 5.74) is -1.18. The molecule has 2 aromatic rings. The Morgan fingerprint density at radius 1 is 1.28 bits per heavy atom. The van der Waals surface area contributed by atoms with E-state index in [0.717, 1.165) is 35.9 Å². The Labute approximate surface area is 229 Å². The molecule has 1 aromatic heterocycles. The fourth-order valence-electron chi connectivity index (χ4n) is 4.86. The molecule has 2 aliphatic rings. The van der Waals surface area contributed by atoms with E-state index in [1.54, 1.807) is 6.07 Å². The highest BCUT2D eigenvalue weighted by Gasteiger charge is 2.39. The molecule has 1 N–H and O–H groups in total. The lowest BCUT2D eigenvalue weighted by atomic mass is 9.95. The normalized spacial score (nSPS) is 20.0. The van der Waals surface area contributed by atoms with Crippen molar-refractivity contribution in [2.75, 3.05) is 35.9 Å². The third-order valence-electron chi connectivity index (χ3n) is 7.07. The predicted molar refractivity (Wildman–Crippen MR) is 138 cm³/mol. The van der Waals surface area contributed by atoms with Crippen LogP contribution in [0.4, 0.5) is 24.5 Å². The van der Waals surface area contributed by atoms with Gasteiger partial charge in [-0.25, -0.2) is 9.07 Å². The first-order chi connectivity index (χ1) is 18.5. The van der Waals surface area contributed by atoms with E-state index in [-0.39, 0.29) is 52.8 Å². The number of benzene rings is 1. The summed E-state index contributed by atoms with van der Waals surface area (Å²) in [5.74, 6) is -1.01. The van der Waals surface area contributed by atoms with Gasteiger partial charge in [0, 0.05) is 31.7 Å². The number of aromatic nitrogens is 2. The van der Waals surface area contributed by atoms with Crippen LogP contribution in [0.5, 0.6) is 0 Å². The molecule has 3 heterocycles. The lowest BCUT2D eigenvalue weighted by molar-refractivity contribution is 0.0496. The van der Waals surface area contributed by atoms with E-state index >= 15 is 0 Å². The van der Waals surface area contributed by atoms with Crippen LogP contribution < -0.4 is 15.2 Å². The number of hydrogen-bond acceptors (Lipinski definition) is 7. The second kappa shape index (κ2) is 12.1. The summed E-state index contributed by atoms with van der Waals surface area (Å²) in [6.07, 6.45) is 3.57. The lowest BCUT2D eigenvalue weighted by Gasteiger charge is -2.35. The number of nitrogens with zero attached hydrogens (tertiary/aromatic N) is 5. The van der Waals surface area contributed by atoms with Crippen molar-refractivity contribution in [3.63, 3.8) is 0 Å². The van der Waals surface area contributed by atoms with Crippen molar-refractivity contribution < 1.29 is 26.3 Å². The van der Waals surface area contributed by atoms with E-state index in [0.29, 0.717) is 18.4 Å². The van der Waals surface area contributed by atoms with Crippen LogP contribution in [0.2, 0.25) is 5.02 Å². The van der Waals surface area contributed by atoms with Crippen molar-refractivity contribution in [2.45, 2.75) is 51.2 Å². The van der Waals surface area contributed by atoms with Gasteiger partial charge in [-0.3, -0.25) is 4.79 Å². The molecule has 212 valence electrons. The summed E-state index contributed by atoms with van der Waals surface area (Å²) in [5, 5.41) is 16.3. The number of halogens is 4. The Hall–Kier alpha value is -2.86. The zero-order valence-corrected chi connectivity index (χ0v) is 22.6. The highest BCUT2D eigenvalue weighted by molar-refractivity contribution is 7.90. The maximum atomic E-state index is 14.4. The van der Waals surface area contributed by atoms with Crippen molar-refractivity contribution in [1.29, 1.82) is 5.26 Å². The topological polar surface area (TPSA) is 121 Å². The Morgan fingerprint density at radius 2 is 2.00 bits per heavy atom. The number of ether oxygens (including phenoxy) is 1. The Morgan fingerprint density at radius 3 is 2.59 bits per heavy atom. The van der Waals surface area contributed by atoms with Gasteiger partial charge in [0.05, 0.1) is 41.9 Å². The molecule has 39 heavy (non-hydrogen) atoms. The average Bonchev–Trinajstić information content (AvgIpc) is 2.92. The summed E-state index contributed by atoms with van der Waals surface area (Å²) in [4.78, 5) is 13.0. The van der Waals surface area contributed by atoms with Crippen LogP contribution in [0.25, 0.3) is 0 Å². The maximum absolute atomic E-state index is 14.4. The van der Waals surface area contributed by atoms with Gasteiger partial charge in [0.15, 0.2) is 0 Å². The fraction of sp³-hybridized carbons (Fsp3) is 0.542. The minimum absolute atomic E-state index is 0.00739. The van der Waals surface area contributed by atoms with Crippen molar-refractivity contribution in [1.82, 2.24) is 14.1 Å². The summed E-state index contributed by atoms with van der Waals surface area (Å²) >= 11 is 6.36. The van der Waals surface area contributed by atoms with Crippen LogP contribution in [0.3, 0.4) is 0 Å². The highest BCUT2D eigenvalue weighted by Crippen LogP contribution is 2.32. The summed E-state index contributed by atoms with van der Waals surface area (Å²) < 4.78 is 75.6. The first kappa shape index (κ1) is 29.1. The van der Waals surface area contributed by atoms with Crippen molar-refractivity contribution in [3.8, 4) is 6.07 Å². The monoisotopic (exact) mass is 588 g/mol. The fourth-order valence-corrected chi connectivity index (χ4v) is 6.56. The maximum Gasteiger partial charge on any atom is 0.329 e. The third kappa shape index (κ3) is 6.16. The molecule has 0 unspecified atom stereocenters. The van der Waals surface area contributed by atoms with Gasteiger partial charge in [0.25, 0.3) is 5.56 Å². The molecule has 0 amide bonds. The molecule has 4 rings (SSSR count). The Balaban J connectivity index is 1.47. The SMILES string of the molecule is C[C@@H](Nc1cnn(C2CCN(S(=O)(=O)N(c3ccc(C#N)cc3F)C(F)F)CC2)c(=O)c1Cl)[C@@H]1CCCOC1. The molecule has 2 saturated heterocycles. The number of hydrogen-bond donors (Lipinski definition) is 1. The third-order valence-corrected chi connectivity index (χ3v) is 9.30. The van der Waals surface area contributed by atoms with E-state index in [4.69, 9.17) is 21.6 Å². The van der Waals surface area contributed by atoms with E-state index in [1.165, 1.54) is 10.9 Å². The zero-order valence-electron chi connectivity index (χ0n) is 21.1. The van der Waals surface area contributed by atoms with Gasteiger partial charge in [-0.15, -0.1) is 0 Å². The van der Waals surface area contributed by atoms with Gasteiger partial charge in [-0.05, 0) is 50.8 Å². The molecular weight excluding hydrogens is 561 g/mol. The van der Waals surface area contributed by atoms with Gasteiger partial charge >= 0.3 is 16.8 Å². The van der Waals surface area contributed by atoms with Crippen molar-refractivity contribution >= 4 is 33.2 Å². The van der Waals surface area contributed by atoms with Crippen LogP contribution in [-0.4, -0.2) is 61.4 Å². The summed E-state index contributed by atoms with van der Waals surface area (Å²) in [6.45, 7) is -0.672. The molecule has 0 saturated carbocycles. The molecule has 2 atom stereocenters. The molecule has 15 heteroatoms. The number of piperidine rings is 1. The molecule has 0 bridgehead atoms. The van der Waals surface area contributed by atoms with E-state index < -0.39 is 39.9 Å². The molecule has 0 spiro atoms. The minimum atomic E-state index is -4.83. The van der Waals surface area contributed by atoms with E-state index in [9.17, 15) is 26.4 Å². The number of alkyl halides is 2. The molecule has 10 nitrogen and oxygen atoms in total. The highest BCUT2D eigenvalue weighted by atomic mass is 35.5.